The lowest BCUT2D eigenvalue weighted by atomic mass is 10.2. The Kier molecular flexibility index (Phi) is 7.01. The van der Waals surface area contributed by atoms with Gasteiger partial charge in [-0.25, -0.2) is 4.79 Å². The average molecular weight is 344 g/mol. The normalized spacial score (nSPS) is 14.5. The number of amides is 3. The molecule has 25 heavy (non-hydrogen) atoms. The molecule has 1 fully saturated rings. The van der Waals surface area contributed by atoms with Crippen molar-refractivity contribution in [3.63, 3.8) is 0 Å². The molecule has 6 nitrogen and oxygen atoms in total. The predicted molar refractivity (Wildman–Crippen MR) is 101 cm³/mol. The maximum Gasteiger partial charge on any atom is 0.321 e. The van der Waals surface area contributed by atoms with Gasteiger partial charge in [0.25, 0.3) is 0 Å². The van der Waals surface area contributed by atoms with Gasteiger partial charge in [-0.3, -0.25) is 9.69 Å². The SMILES string of the molecule is C=C(C)CN(CC)CC(=O)N1CCN(C(=O)Nc2ccccc2)CC1. The van der Waals surface area contributed by atoms with Crippen molar-refractivity contribution in [2.24, 2.45) is 0 Å². The number of anilines is 1. The Morgan fingerprint density at radius 3 is 2.24 bits per heavy atom. The highest BCUT2D eigenvalue weighted by molar-refractivity contribution is 5.89. The molecule has 0 radical (unpaired) electrons. The van der Waals surface area contributed by atoms with Crippen LogP contribution in [-0.4, -0.2) is 72.5 Å². The van der Waals surface area contributed by atoms with Gasteiger partial charge in [0, 0.05) is 38.4 Å². The van der Waals surface area contributed by atoms with Crippen LogP contribution in [0.2, 0.25) is 0 Å². The molecule has 0 saturated carbocycles. The summed E-state index contributed by atoms with van der Waals surface area (Å²) in [4.78, 5) is 30.4. The van der Waals surface area contributed by atoms with E-state index in [1.165, 1.54) is 0 Å². The summed E-state index contributed by atoms with van der Waals surface area (Å²) in [6.45, 7) is 12.1. The number of urea groups is 1. The fourth-order valence-corrected chi connectivity index (χ4v) is 2.84. The first kappa shape index (κ1) is 19.0. The topological polar surface area (TPSA) is 55.9 Å². The predicted octanol–water partition coefficient (Wildman–Crippen LogP) is 2.26. The molecule has 1 saturated heterocycles. The average Bonchev–Trinajstić information content (AvgIpc) is 2.61. The molecule has 0 unspecified atom stereocenters. The molecule has 0 aromatic heterocycles. The van der Waals surface area contributed by atoms with E-state index in [0.29, 0.717) is 32.7 Å². The van der Waals surface area contributed by atoms with Crippen LogP contribution in [0.4, 0.5) is 10.5 Å². The third-order valence-electron chi connectivity index (χ3n) is 4.24. The third kappa shape index (κ3) is 5.90. The van der Waals surface area contributed by atoms with E-state index in [-0.39, 0.29) is 11.9 Å². The van der Waals surface area contributed by atoms with Crippen molar-refractivity contribution in [3.05, 3.63) is 42.5 Å². The number of rotatable bonds is 6. The van der Waals surface area contributed by atoms with E-state index in [2.05, 4.69) is 16.8 Å². The molecule has 2 rings (SSSR count). The zero-order valence-corrected chi connectivity index (χ0v) is 15.2. The van der Waals surface area contributed by atoms with Crippen LogP contribution in [-0.2, 0) is 4.79 Å². The Morgan fingerprint density at radius 2 is 1.68 bits per heavy atom. The molecule has 0 bridgehead atoms. The highest BCUT2D eigenvalue weighted by atomic mass is 16.2. The first-order valence-electron chi connectivity index (χ1n) is 8.75. The molecule has 0 atom stereocenters. The van der Waals surface area contributed by atoms with Crippen LogP contribution in [0.5, 0.6) is 0 Å². The van der Waals surface area contributed by atoms with Gasteiger partial charge in [-0.1, -0.05) is 37.3 Å². The maximum atomic E-state index is 12.5. The summed E-state index contributed by atoms with van der Waals surface area (Å²) in [5.41, 5.74) is 1.83. The van der Waals surface area contributed by atoms with Gasteiger partial charge in [0.15, 0.2) is 0 Å². The summed E-state index contributed by atoms with van der Waals surface area (Å²) in [5, 5.41) is 2.88. The second kappa shape index (κ2) is 9.22. The number of para-hydroxylation sites is 1. The van der Waals surface area contributed by atoms with Gasteiger partial charge in [-0.05, 0) is 25.6 Å². The van der Waals surface area contributed by atoms with E-state index >= 15 is 0 Å². The number of piperazine rings is 1. The molecule has 1 N–H and O–H groups in total. The smallest absolute Gasteiger partial charge is 0.321 e. The molecule has 136 valence electrons. The van der Waals surface area contributed by atoms with E-state index in [0.717, 1.165) is 24.4 Å². The lowest BCUT2D eigenvalue weighted by Crippen LogP contribution is -2.53. The quantitative estimate of drug-likeness (QED) is 0.806. The molecule has 6 heteroatoms. The molecule has 1 aliphatic rings. The van der Waals surface area contributed by atoms with Crippen molar-refractivity contribution in [3.8, 4) is 0 Å². The third-order valence-corrected chi connectivity index (χ3v) is 4.24. The van der Waals surface area contributed by atoms with E-state index in [4.69, 9.17) is 0 Å². The van der Waals surface area contributed by atoms with Gasteiger partial charge >= 0.3 is 6.03 Å². The summed E-state index contributed by atoms with van der Waals surface area (Å²) in [6, 6.07) is 9.29. The van der Waals surface area contributed by atoms with Crippen LogP contribution in [0.25, 0.3) is 0 Å². The summed E-state index contributed by atoms with van der Waals surface area (Å²) >= 11 is 0. The number of nitrogens with one attached hydrogen (secondary N) is 1. The van der Waals surface area contributed by atoms with E-state index in [9.17, 15) is 9.59 Å². The molecule has 0 aliphatic carbocycles. The number of hydrogen-bond donors (Lipinski definition) is 1. The van der Waals surface area contributed by atoms with Crippen LogP contribution >= 0.6 is 0 Å². The van der Waals surface area contributed by atoms with Gasteiger partial charge < -0.3 is 15.1 Å². The van der Waals surface area contributed by atoms with E-state index in [1.54, 1.807) is 4.90 Å². The molecular weight excluding hydrogens is 316 g/mol. The summed E-state index contributed by atoms with van der Waals surface area (Å²) < 4.78 is 0. The molecule has 3 amide bonds. The first-order chi connectivity index (χ1) is 12.0. The summed E-state index contributed by atoms with van der Waals surface area (Å²) in [5.74, 6) is 0.117. The van der Waals surface area contributed by atoms with Crippen molar-refractivity contribution in [2.45, 2.75) is 13.8 Å². The number of nitrogens with zero attached hydrogens (tertiary/aromatic N) is 3. The van der Waals surface area contributed by atoms with Crippen molar-refractivity contribution in [2.75, 3.05) is 51.1 Å². The van der Waals surface area contributed by atoms with Gasteiger partial charge in [0.05, 0.1) is 6.54 Å². The van der Waals surface area contributed by atoms with Gasteiger partial charge in [-0.2, -0.15) is 0 Å². The molecule has 1 aromatic rings. The number of benzene rings is 1. The Hall–Kier alpha value is -2.34. The van der Waals surface area contributed by atoms with Crippen molar-refractivity contribution in [1.82, 2.24) is 14.7 Å². The first-order valence-corrected chi connectivity index (χ1v) is 8.75. The highest BCUT2D eigenvalue weighted by Crippen LogP contribution is 2.09. The minimum absolute atomic E-state index is 0.115. The fraction of sp³-hybridized carbons (Fsp3) is 0.474. The molecule has 1 aliphatic heterocycles. The van der Waals surface area contributed by atoms with E-state index in [1.807, 2.05) is 49.1 Å². The lowest BCUT2D eigenvalue weighted by molar-refractivity contribution is -0.133. The minimum atomic E-state index is -0.115. The van der Waals surface area contributed by atoms with Gasteiger partial charge in [-0.15, -0.1) is 0 Å². The Balaban J connectivity index is 1.79. The summed E-state index contributed by atoms with van der Waals surface area (Å²) in [6.07, 6.45) is 0. The lowest BCUT2D eigenvalue weighted by Gasteiger charge is -2.35. The fourth-order valence-electron chi connectivity index (χ4n) is 2.84. The van der Waals surface area contributed by atoms with Crippen molar-refractivity contribution >= 4 is 17.6 Å². The van der Waals surface area contributed by atoms with Crippen LogP contribution < -0.4 is 5.32 Å². The largest absolute Gasteiger partial charge is 0.338 e. The Bertz CT molecular complexity index is 595. The molecular formula is C19H28N4O2. The second-order valence-electron chi connectivity index (χ2n) is 6.42. The Morgan fingerprint density at radius 1 is 1.08 bits per heavy atom. The minimum Gasteiger partial charge on any atom is -0.338 e. The maximum absolute atomic E-state index is 12.5. The molecule has 1 aromatic carbocycles. The number of hydrogen-bond acceptors (Lipinski definition) is 3. The van der Waals surface area contributed by atoms with Crippen LogP contribution in [0.3, 0.4) is 0 Å². The number of likely N-dealkylation sites (N-methyl/N-ethyl adjacent to an activating group) is 1. The highest BCUT2D eigenvalue weighted by Gasteiger charge is 2.25. The zero-order chi connectivity index (χ0) is 18.2. The second-order valence-corrected chi connectivity index (χ2v) is 6.42. The number of carbonyl (C=O) groups is 2. The standard InChI is InChI=1S/C19H28N4O2/c1-4-21(14-16(2)3)15-18(24)22-10-12-23(13-11-22)19(25)20-17-8-6-5-7-9-17/h5-9H,2,4,10-15H2,1,3H3,(H,20,25). The Labute approximate surface area is 150 Å². The van der Waals surface area contributed by atoms with Crippen molar-refractivity contribution < 1.29 is 9.59 Å². The zero-order valence-electron chi connectivity index (χ0n) is 15.2. The van der Waals surface area contributed by atoms with Gasteiger partial charge in [0.1, 0.15) is 0 Å². The number of carbonyl (C=O) groups excluding carboxylic acids is 2. The van der Waals surface area contributed by atoms with Crippen molar-refractivity contribution in [1.29, 1.82) is 0 Å². The van der Waals surface area contributed by atoms with Crippen LogP contribution in [0.1, 0.15) is 13.8 Å². The van der Waals surface area contributed by atoms with Gasteiger partial charge in [0.2, 0.25) is 5.91 Å². The molecule has 0 spiro atoms. The monoisotopic (exact) mass is 344 g/mol. The molecule has 1 heterocycles. The summed E-state index contributed by atoms with van der Waals surface area (Å²) in [7, 11) is 0. The van der Waals surface area contributed by atoms with Crippen LogP contribution in [0.15, 0.2) is 42.5 Å². The van der Waals surface area contributed by atoms with E-state index < -0.39 is 0 Å². The van der Waals surface area contributed by atoms with Crippen LogP contribution in [0, 0.1) is 0 Å².